The van der Waals surface area contributed by atoms with Crippen LogP contribution in [0.25, 0.3) is 0 Å². The Hall–Kier alpha value is -0.610. The van der Waals surface area contributed by atoms with Gasteiger partial charge in [0, 0.05) is 37.8 Å². The molecule has 4 nitrogen and oxygen atoms in total. The van der Waals surface area contributed by atoms with E-state index in [1.165, 1.54) is 38.5 Å². The average molecular weight is 337 g/mol. The summed E-state index contributed by atoms with van der Waals surface area (Å²) < 4.78 is 5.62. The predicted octanol–water partition coefficient (Wildman–Crippen LogP) is 3.21. The van der Waals surface area contributed by atoms with Crippen LogP contribution in [0.1, 0.15) is 65.2 Å². The first kappa shape index (κ1) is 18.2. The molecule has 138 valence electrons. The zero-order valence-electron chi connectivity index (χ0n) is 15.7. The van der Waals surface area contributed by atoms with E-state index >= 15 is 0 Å². The molecule has 0 aromatic heterocycles. The molecule has 1 spiro atoms. The van der Waals surface area contributed by atoms with Gasteiger partial charge < -0.3 is 15.0 Å². The normalized spacial score (nSPS) is 28.5. The van der Waals surface area contributed by atoms with Crippen LogP contribution >= 0.6 is 0 Å². The second-order valence-corrected chi connectivity index (χ2v) is 8.79. The van der Waals surface area contributed by atoms with E-state index in [1.54, 1.807) is 0 Å². The van der Waals surface area contributed by atoms with E-state index in [1.807, 2.05) is 0 Å². The highest BCUT2D eigenvalue weighted by atomic mass is 16.5. The number of amides is 1. The Morgan fingerprint density at radius 3 is 2.58 bits per heavy atom. The summed E-state index contributed by atoms with van der Waals surface area (Å²) in [5.41, 5.74) is 0.161. The zero-order chi connectivity index (χ0) is 17.0. The van der Waals surface area contributed by atoms with Gasteiger partial charge in [-0.05, 0) is 44.6 Å². The lowest BCUT2D eigenvalue weighted by atomic mass is 9.71. The van der Waals surface area contributed by atoms with Crippen LogP contribution in [-0.2, 0) is 9.53 Å². The van der Waals surface area contributed by atoms with Gasteiger partial charge in [-0.3, -0.25) is 4.79 Å². The van der Waals surface area contributed by atoms with Crippen LogP contribution in [0.3, 0.4) is 0 Å². The van der Waals surface area contributed by atoms with Gasteiger partial charge in [0.05, 0.1) is 5.92 Å². The monoisotopic (exact) mass is 336 g/mol. The molecule has 3 aliphatic rings. The van der Waals surface area contributed by atoms with Crippen molar-refractivity contribution in [3.05, 3.63) is 0 Å². The molecular weight excluding hydrogens is 300 g/mol. The standard InChI is InChI=1S/C20H36N2O2/c1-16(2)8-11-22-14-18(20(15-22)9-12-24-13-10-20)19(23)21-17-6-4-3-5-7-17/h16-18H,3-15H2,1-2H3,(H,21,23). The Labute approximate surface area is 147 Å². The van der Waals surface area contributed by atoms with E-state index in [-0.39, 0.29) is 11.3 Å². The summed E-state index contributed by atoms with van der Waals surface area (Å²) >= 11 is 0. The molecule has 2 aliphatic heterocycles. The van der Waals surface area contributed by atoms with Gasteiger partial charge in [-0.15, -0.1) is 0 Å². The van der Waals surface area contributed by atoms with Gasteiger partial charge in [0.25, 0.3) is 0 Å². The number of rotatable bonds is 5. The molecule has 1 atom stereocenters. The third-order valence-electron chi connectivity index (χ3n) is 6.50. The summed E-state index contributed by atoms with van der Waals surface area (Å²) in [4.78, 5) is 15.6. The molecule has 0 radical (unpaired) electrons. The highest BCUT2D eigenvalue weighted by molar-refractivity contribution is 5.80. The summed E-state index contributed by atoms with van der Waals surface area (Å²) in [6, 6.07) is 0.424. The van der Waals surface area contributed by atoms with Gasteiger partial charge >= 0.3 is 0 Å². The van der Waals surface area contributed by atoms with E-state index < -0.39 is 0 Å². The number of nitrogens with one attached hydrogen (secondary N) is 1. The smallest absolute Gasteiger partial charge is 0.225 e. The largest absolute Gasteiger partial charge is 0.381 e. The highest BCUT2D eigenvalue weighted by Crippen LogP contribution is 2.44. The van der Waals surface area contributed by atoms with Crippen molar-refractivity contribution in [2.24, 2.45) is 17.3 Å². The van der Waals surface area contributed by atoms with Gasteiger partial charge in [-0.1, -0.05) is 33.1 Å². The van der Waals surface area contributed by atoms with Gasteiger partial charge in [0.2, 0.25) is 5.91 Å². The van der Waals surface area contributed by atoms with Gasteiger partial charge in [0.15, 0.2) is 0 Å². The molecule has 1 unspecified atom stereocenters. The Balaban J connectivity index is 1.64. The SMILES string of the molecule is CC(C)CCN1CC(C(=O)NC2CCCCC2)C2(CCOCC2)C1. The molecular formula is C20H36N2O2. The van der Waals surface area contributed by atoms with Crippen molar-refractivity contribution in [3.8, 4) is 0 Å². The maximum absolute atomic E-state index is 13.1. The van der Waals surface area contributed by atoms with Crippen molar-refractivity contribution < 1.29 is 9.53 Å². The van der Waals surface area contributed by atoms with Gasteiger partial charge in [0.1, 0.15) is 0 Å². The Kier molecular flexibility index (Phi) is 6.20. The topological polar surface area (TPSA) is 41.6 Å². The predicted molar refractivity (Wildman–Crippen MR) is 96.9 cm³/mol. The molecule has 3 rings (SSSR count). The van der Waals surface area contributed by atoms with Crippen LogP contribution in [0.5, 0.6) is 0 Å². The van der Waals surface area contributed by atoms with Crippen molar-refractivity contribution in [2.75, 3.05) is 32.8 Å². The minimum absolute atomic E-state index is 0.161. The summed E-state index contributed by atoms with van der Waals surface area (Å²) in [5, 5.41) is 3.41. The van der Waals surface area contributed by atoms with Crippen LogP contribution < -0.4 is 5.32 Å². The molecule has 3 fully saturated rings. The third-order valence-corrected chi connectivity index (χ3v) is 6.50. The van der Waals surface area contributed by atoms with E-state index in [4.69, 9.17) is 4.74 Å². The summed E-state index contributed by atoms with van der Waals surface area (Å²) in [7, 11) is 0. The number of hydrogen-bond donors (Lipinski definition) is 1. The number of hydrogen-bond acceptors (Lipinski definition) is 3. The van der Waals surface area contributed by atoms with Crippen LogP contribution in [0.15, 0.2) is 0 Å². The molecule has 1 aliphatic carbocycles. The molecule has 4 heteroatoms. The fourth-order valence-corrected chi connectivity index (χ4v) is 4.88. The van der Waals surface area contributed by atoms with Crippen LogP contribution in [0.4, 0.5) is 0 Å². The van der Waals surface area contributed by atoms with Crippen LogP contribution in [0.2, 0.25) is 0 Å². The lowest BCUT2D eigenvalue weighted by Gasteiger charge is -2.38. The molecule has 1 N–H and O–H groups in total. The highest BCUT2D eigenvalue weighted by Gasteiger charge is 2.50. The Morgan fingerprint density at radius 1 is 1.21 bits per heavy atom. The summed E-state index contributed by atoms with van der Waals surface area (Å²) in [5.74, 6) is 1.22. The second-order valence-electron chi connectivity index (χ2n) is 8.79. The maximum Gasteiger partial charge on any atom is 0.225 e. The molecule has 1 amide bonds. The third kappa shape index (κ3) is 4.32. The minimum Gasteiger partial charge on any atom is -0.381 e. The number of ether oxygens (including phenoxy) is 1. The van der Waals surface area contributed by atoms with Crippen LogP contribution in [-0.4, -0.2) is 49.7 Å². The van der Waals surface area contributed by atoms with Crippen LogP contribution in [0, 0.1) is 17.3 Å². The first-order valence-corrected chi connectivity index (χ1v) is 10.2. The molecule has 24 heavy (non-hydrogen) atoms. The van der Waals surface area contributed by atoms with E-state index in [0.29, 0.717) is 11.9 Å². The second kappa shape index (κ2) is 8.18. The molecule has 0 aromatic carbocycles. The number of carbonyl (C=O) groups excluding carboxylic acids is 1. The van der Waals surface area contributed by atoms with Crippen molar-refractivity contribution in [1.82, 2.24) is 10.2 Å². The van der Waals surface area contributed by atoms with Gasteiger partial charge in [-0.25, -0.2) is 0 Å². The molecule has 0 bridgehead atoms. The summed E-state index contributed by atoms with van der Waals surface area (Å²) in [6.45, 7) is 9.39. The van der Waals surface area contributed by atoms with Gasteiger partial charge in [-0.2, -0.15) is 0 Å². The number of nitrogens with zero attached hydrogens (tertiary/aromatic N) is 1. The van der Waals surface area contributed by atoms with Crippen molar-refractivity contribution in [3.63, 3.8) is 0 Å². The van der Waals surface area contributed by atoms with E-state index in [2.05, 4.69) is 24.1 Å². The Morgan fingerprint density at radius 2 is 1.92 bits per heavy atom. The fourth-order valence-electron chi connectivity index (χ4n) is 4.88. The van der Waals surface area contributed by atoms with Crippen molar-refractivity contribution in [1.29, 1.82) is 0 Å². The number of carbonyl (C=O) groups is 1. The average Bonchev–Trinajstić information content (AvgIpc) is 2.92. The molecule has 0 aromatic rings. The molecule has 1 saturated carbocycles. The first-order valence-electron chi connectivity index (χ1n) is 10.2. The Bertz CT molecular complexity index is 412. The minimum atomic E-state index is 0.161. The molecule has 2 saturated heterocycles. The molecule has 2 heterocycles. The van der Waals surface area contributed by atoms with Crippen molar-refractivity contribution >= 4 is 5.91 Å². The zero-order valence-corrected chi connectivity index (χ0v) is 15.7. The van der Waals surface area contributed by atoms with E-state index in [0.717, 1.165) is 51.6 Å². The van der Waals surface area contributed by atoms with E-state index in [9.17, 15) is 4.79 Å². The van der Waals surface area contributed by atoms with Crippen molar-refractivity contribution in [2.45, 2.75) is 71.3 Å². The quantitative estimate of drug-likeness (QED) is 0.838. The summed E-state index contributed by atoms with van der Waals surface area (Å²) in [6.07, 6.45) is 9.55. The lowest BCUT2D eigenvalue weighted by Crippen LogP contribution is -2.47. The maximum atomic E-state index is 13.1. The first-order chi connectivity index (χ1) is 11.6. The fraction of sp³-hybridized carbons (Fsp3) is 0.950. The number of likely N-dealkylation sites (tertiary alicyclic amines) is 1. The lowest BCUT2D eigenvalue weighted by molar-refractivity contribution is -0.130.